The van der Waals surface area contributed by atoms with Gasteiger partial charge in [0, 0.05) is 24.4 Å². The monoisotopic (exact) mass is 473 g/mol. The van der Waals surface area contributed by atoms with Crippen LogP contribution >= 0.6 is 0 Å². The zero-order valence-electron chi connectivity index (χ0n) is 20.0. The van der Waals surface area contributed by atoms with Gasteiger partial charge in [0.1, 0.15) is 17.6 Å². The number of nitrogens with zero attached hydrogens (tertiary/aromatic N) is 5. The van der Waals surface area contributed by atoms with Gasteiger partial charge in [-0.05, 0) is 50.8 Å². The van der Waals surface area contributed by atoms with Crippen LogP contribution in [0.5, 0.6) is 5.75 Å². The first-order chi connectivity index (χ1) is 16.8. The summed E-state index contributed by atoms with van der Waals surface area (Å²) in [6, 6.07) is 12.4. The van der Waals surface area contributed by atoms with Gasteiger partial charge in [0.25, 0.3) is 0 Å². The maximum atomic E-state index is 13.7. The molecule has 180 valence electrons. The number of rotatable bonds is 7. The lowest BCUT2D eigenvalue weighted by Gasteiger charge is -2.09. The highest BCUT2D eigenvalue weighted by atomic mass is 16.5. The molecule has 4 aromatic rings. The van der Waals surface area contributed by atoms with Crippen molar-refractivity contribution in [3.8, 4) is 17.1 Å². The van der Waals surface area contributed by atoms with Gasteiger partial charge in [-0.25, -0.2) is 19.3 Å². The van der Waals surface area contributed by atoms with Crippen molar-refractivity contribution in [3.05, 3.63) is 77.0 Å². The molecule has 2 heterocycles. The quantitative estimate of drug-likeness (QED) is 0.396. The molecule has 0 atom stereocenters. The molecule has 0 fully saturated rings. The maximum absolute atomic E-state index is 13.7. The van der Waals surface area contributed by atoms with Crippen LogP contribution in [0, 0.1) is 6.92 Å². The number of carbonyl (C=O) groups excluding carboxylic acids is 1. The van der Waals surface area contributed by atoms with Crippen molar-refractivity contribution in [2.45, 2.75) is 6.92 Å². The zero-order chi connectivity index (χ0) is 25.1. The number of imidazole rings is 1. The van der Waals surface area contributed by atoms with Crippen LogP contribution in [0.4, 0.5) is 11.5 Å². The first-order valence-electron chi connectivity index (χ1n) is 10.9. The topological polar surface area (TPSA) is 120 Å². The summed E-state index contributed by atoms with van der Waals surface area (Å²) >= 11 is 0. The molecule has 35 heavy (non-hydrogen) atoms. The lowest BCUT2D eigenvalue weighted by molar-refractivity contribution is -0.111. The fourth-order valence-electron chi connectivity index (χ4n) is 3.74. The molecule has 0 radical (unpaired) electrons. The van der Waals surface area contributed by atoms with Crippen molar-refractivity contribution in [2.75, 3.05) is 38.8 Å². The van der Waals surface area contributed by atoms with Crippen LogP contribution in [0.3, 0.4) is 0 Å². The van der Waals surface area contributed by atoms with Crippen molar-refractivity contribution < 1.29 is 9.53 Å². The Hall–Kier alpha value is -4.44. The predicted molar refractivity (Wildman–Crippen MR) is 136 cm³/mol. The summed E-state index contributed by atoms with van der Waals surface area (Å²) in [7, 11) is 5.41. The van der Waals surface area contributed by atoms with Crippen molar-refractivity contribution >= 4 is 28.6 Å². The number of aryl methyl sites for hydroxylation is 1. The lowest BCUT2D eigenvalue weighted by atomic mass is 10.2. The highest BCUT2D eigenvalue weighted by Crippen LogP contribution is 2.27. The van der Waals surface area contributed by atoms with Gasteiger partial charge in [0.05, 0.1) is 18.5 Å². The summed E-state index contributed by atoms with van der Waals surface area (Å²) in [6.45, 7) is 2.56. The van der Waals surface area contributed by atoms with Crippen LogP contribution in [0.15, 0.2) is 65.7 Å². The smallest absolute Gasteiger partial charge is 0.339 e. The van der Waals surface area contributed by atoms with Gasteiger partial charge < -0.3 is 20.7 Å². The van der Waals surface area contributed by atoms with E-state index in [4.69, 9.17) is 10.5 Å². The van der Waals surface area contributed by atoms with Gasteiger partial charge >= 0.3 is 5.69 Å². The first-order valence-corrected chi connectivity index (χ1v) is 10.9. The van der Waals surface area contributed by atoms with Crippen molar-refractivity contribution in [2.24, 2.45) is 0 Å². The van der Waals surface area contributed by atoms with E-state index in [0.29, 0.717) is 40.5 Å². The van der Waals surface area contributed by atoms with Crippen LogP contribution in [0.2, 0.25) is 0 Å². The highest BCUT2D eigenvalue weighted by molar-refractivity contribution is 5.99. The third-order valence-electron chi connectivity index (χ3n) is 5.41. The third kappa shape index (κ3) is 4.78. The summed E-state index contributed by atoms with van der Waals surface area (Å²) in [5.41, 5.74) is 9.09. The van der Waals surface area contributed by atoms with Crippen LogP contribution in [0.1, 0.15) is 5.56 Å². The molecule has 0 saturated carbocycles. The zero-order valence-corrected chi connectivity index (χ0v) is 20.0. The van der Waals surface area contributed by atoms with Crippen LogP contribution in [-0.4, -0.2) is 57.7 Å². The number of aromatic nitrogens is 4. The second-order valence-electron chi connectivity index (χ2n) is 8.24. The molecular formula is C25H27N7O3. The summed E-state index contributed by atoms with van der Waals surface area (Å²) in [5.74, 6) is 0.538. The molecule has 0 aliphatic rings. The van der Waals surface area contributed by atoms with Gasteiger partial charge in [-0.1, -0.05) is 18.2 Å². The molecule has 10 heteroatoms. The molecule has 3 N–H and O–H groups in total. The molecule has 0 saturated heterocycles. The lowest BCUT2D eigenvalue weighted by Crippen LogP contribution is -2.22. The molecule has 2 aromatic heterocycles. The number of nitrogens with one attached hydrogen (secondary N) is 1. The van der Waals surface area contributed by atoms with E-state index in [9.17, 15) is 9.59 Å². The number of carbonyl (C=O) groups is 1. The van der Waals surface area contributed by atoms with E-state index in [2.05, 4.69) is 15.3 Å². The molecule has 0 aliphatic heterocycles. The first kappa shape index (κ1) is 23.7. The largest absolute Gasteiger partial charge is 0.496 e. The standard InChI is InChI=1S/C25H27N7O3/c1-16-10-11-19(14-20(16)35-4)31-22-23(26)27-15-28-24(22)32(25(31)34)18-8-5-7-17(13-18)29-21(33)9-6-12-30(2)3/h5-11,13-15H,12H2,1-4H3,(H,29,33)(H2,26,27,28)/b9-6+. The molecular weight excluding hydrogens is 446 g/mol. The molecule has 0 spiro atoms. The number of hydrogen-bond donors (Lipinski definition) is 2. The third-order valence-corrected chi connectivity index (χ3v) is 5.41. The minimum absolute atomic E-state index is 0.167. The van der Waals surface area contributed by atoms with Crippen molar-refractivity contribution in [1.82, 2.24) is 24.0 Å². The number of methoxy groups -OCH3 is 1. The van der Waals surface area contributed by atoms with Gasteiger partial charge in [-0.3, -0.25) is 9.36 Å². The van der Waals surface area contributed by atoms with E-state index in [1.807, 2.05) is 38.1 Å². The Morgan fingerprint density at radius 1 is 1.14 bits per heavy atom. The Morgan fingerprint density at radius 2 is 1.91 bits per heavy atom. The van der Waals surface area contributed by atoms with Crippen molar-refractivity contribution in [3.63, 3.8) is 0 Å². The number of benzene rings is 2. The molecule has 1 amide bonds. The molecule has 0 unspecified atom stereocenters. The van der Waals surface area contributed by atoms with E-state index in [-0.39, 0.29) is 17.4 Å². The number of ether oxygens (including phenoxy) is 1. The second-order valence-corrected chi connectivity index (χ2v) is 8.24. The minimum atomic E-state index is -0.382. The van der Waals surface area contributed by atoms with E-state index >= 15 is 0 Å². The van der Waals surface area contributed by atoms with E-state index in [1.54, 1.807) is 43.5 Å². The number of likely N-dealkylation sites (N-methyl/N-ethyl adjacent to an activating group) is 1. The summed E-state index contributed by atoms with van der Waals surface area (Å²) in [4.78, 5) is 36.4. The van der Waals surface area contributed by atoms with Gasteiger partial charge in [0.2, 0.25) is 5.91 Å². The fraction of sp³-hybridized carbons (Fsp3) is 0.200. The summed E-state index contributed by atoms with van der Waals surface area (Å²) in [6.07, 6.45) is 4.56. The van der Waals surface area contributed by atoms with Crippen LogP contribution in [0.25, 0.3) is 22.5 Å². The fourth-order valence-corrected chi connectivity index (χ4v) is 3.74. The number of hydrogen-bond acceptors (Lipinski definition) is 7. The average Bonchev–Trinajstić information content (AvgIpc) is 3.12. The molecule has 10 nitrogen and oxygen atoms in total. The number of fused-ring (bicyclic) bond motifs is 1. The Kier molecular flexibility index (Phi) is 6.65. The Morgan fingerprint density at radius 3 is 2.66 bits per heavy atom. The number of nitrogens with two attached hydrogens (primary N) is 1. The van der Waals surface area contributed by atoms with E-state index in [0.717, 1.165) is 5.56 Å². The summed E-state index contributed by atoms with van der Waals surface area (Å²) in [5, 5.41) is 2.82. The number of amides is 1. The Labute approximate surface area is 202 Å². The molecule has 2 aromatic carbocycles. The molecule has 4 rings (SSSR count). The van der Waals surface area contributed by atoms with Gasteiger partial charge in [-0.2, -0.15) is 0 Å². The predicted octanol–water partition coefficient (Wildman–Crippen LogP) is 2.53. The summed E-state index contributed by atoms with van der Waals surface area (Å²) < 4.78 is 8.34. The van der Waals surface area contributed by atoms with Crippen LogP contribution < -0.4 is 21.5 Å². The number of nitrogen functional groups attached to an aromatic ring is 1. The highest BCUT2D eigenvalue weighted by Gasteiger charge is 2.21. The molecule has 0 aliphatic carbocycles. The van der Waals surface area contributed by atoms with E-state index < -0.39 is 0 Å². The van der Waals surface area contributed by atoms with Crippen LogP contribution in [-0.2, 0) is 4.79 Å². The van der Waals surface area contributed by atoms with Gasteiger partial charge in [0.15, 0.2) is 11.5 Å². The Bertz CT molecular complexity index is 1480. The maximum Gasteiger partial charge on any atom is 0.339 e. The number of anilines is 2. The SMILES string of the molecule is COc1cc(-n2c(=O)n(-c3cccc(NC(=O)/C=C/CN(C)C)c3)c3ncnc(N)c32)ccc1C. The molecule has 0 bridgehead atoms. The van der Waals surface area contributed by atoms with Crippen molar-refractivity contribution in [1.29, 1.82) is 0 Å². The van der Waals surface area contributed by atoms with E-state index in [1.165, 1.54) is 21.5 Å². The van der Waals surface area contributed by atoms with Gasteiger partial charge in [-0.15, -0.1) is 0 Å². The normalized spacial score (nSPS) is 11.5. The second kappa shape index (κ2) is 9.82. The Balaban J connectivity index is 1.82. The minimum Gasteiger partial charge on any atom is -0.496 e. The average molecular weight is 474 g/mol.